The molecule has 1 fully saturated rings. The Balaban J connectivity index is 2.22. The standard InChI is InChI=1S/C13H27NO5/c1-11(6-16-2)18-7-12(15)8-19-13(9-14)4-3-5-17-10-13/h11-12,15H,3-10,14H2,1-2H3. The maximum Gasteiger partial charge on any atom is 0.104 e. The van der Waals surface area contributed by atoms with Gasteiger partial charge in [0, 0.05) is 20.3 Å². The van der Waals surface area contributed by atoms with E-state index in [-0.39, 0.29) is 19.3 Å². The summed E-state index contributed by atoms with van der Waals surface area (Å²) in [5.74, 6) is 0. The number of rotatable bonds is 9. The number of aliphatic hydroxyl groups is 1. The minimum Gasteiger partial charge on any atom is -0.388 e. The summed E-state index contributed by atoms with van der Waals surface area (Å²) in [6.07, 6.45) is 1.11. The Morgan fingerprint density at radius 3 is 2.74 bits per heavy atom. The predicted molar refractivity (Wildman–Crippen MR) is 71.1 cm³/mol. The van der Waals surface area contributed by atoms with Gasteiger partial charge in [-0.15, -0.1) is 0 Å². The molecule has 0 aromatic rings. The number of ether oxygens (including phenoxy) is 4. The molecule has 0 amide bonds. The van der Waals surface area contributed by atoms with Crippen molar-refractivity contribution in [3.63, 3.8) is 0 Å². The summed E-state index contributed by atoms with van der Waals surface area (Å²) in [7, 11) is 1.62. The fourth-order valence-corrected chi connectivity index (χ4v) is 2.04. The molecule has 0 spiro atoms. The van der Waals surface area contributed by atoms with Crippen molar-refractivity contribution in [1.82, 2.24) is 0 Å². The van der Waals surface area contributed by atoms with Crippen LogP contribution >= 0.6 is 0 Å². The van der Waals surface area contributed by atoms with Crippen LogP contribution in [0.3, 0.4) is 0 Å². The molecule has 1 saturated heterocycles. The molecule has 3 atom stereocenters. The molecule has 6 heteroatoms. The molecule has 3 N–H and O–H groups in total. The number of aliphatic hydroxyl groups excluding tert-OH is 1. The molecular weight excluding hydrogens is 250 g/mol. The zero-order valence-electron chi connectivity index (χ0n) is 12.0. The monoisotopic (exact) mass is 277 g/mol. The molecule has 1 aliphatic rings. The number of hydrogen-bond acceptors (Lipinski definition) is 6. The SMILES string of the molecule is COCC(C)OCC(O)COC1(CN)CCCOC1. The van der Waals surface area contributed by atoms with Crippen molar-refractivity contribution in [1.29, 1.82) is 0 Å². The second-order valence-electron chi connectivity index (χ2n) is 5.11. The fraction of sp³-hybridized carbons (Fsp3) is 1.00. The summed E-state index contributed by atoms with van der Waals surface area (Å²) >= 11 is 0. The average molecular weight is 277 g/mol. The van der Waals surface area contributed by atoms with Gasteiger partial charge in [-0.05, 0) is 19.8 Å². The summed E-state index contributed by atoms with van der Waals surface area (Å²) in [6.45, 7) is 4.50. The molecule has 6 nitrogen and oxygen atoms in total. The molecule has 0 aliphatic carbocycles. The lowest BCUT2D eigenvalue weighted by atomic mass is 9.96. The van der Waals surface area contributed by atoms with Crippen molar-refractivity contribution >= 4 is 0 Å². The molecule has 0 bridgehead atoms. The van der Waals surface area contributed by atoms with E-state index in [1.165, 1.54) is 0 Å². The summed E-state index contributed by atoms with van der Waals surface area (Å²) in [5.41, 5.74) is 5.30. The van der Waals surface area contributed by atoms with Crippen molar-refractivity contribution in [2.75, 3.05) is 46.7 Å². The first-order chi connectivity index (χ1) is 9.12. The van der Waals surface area contributed by atoms with Gasteiger partial charge in [0.25, 0.3) is 0 Å². The van der Waals surface area contributed by atoms with Crippen LogP contribution in [0, 0.1) is 0 Å². The Labute approximate surface area is 115 Å². The van der Waals surface area contributed by atoms with Crippen molar-refractivity contribution in [2.45, 2.75) is 37.6 Å². The van der Waals surface area contributed by atoms with E-state index >= 15 is 0 Å². The van der Waals surface area contributed by atoms with E-state index in [1.807, 2.05) is 6.92 Å². The topological polar surface area (TPSA) is 83.2 Å². The highest BCUT2D eigenvalue weighted by molar-refractivity contribution is 4.84. The second-order valence-corrected chi connectivity index (χ2v) is 5.11. The first-order valence-corrected chi connectivity index (χ1v) is 6.82. The van der Waals surface area contributed by atoms with Gasteiger partial charge >= 0.3 is 0 Å². The van der Waals surface area contributed by atoms with Crippen molar-refractivity contribution in [2.24, 2.45) is 5.73 Å². The highest BCUT2D eigenvalue weighted by Gasteiger charge is 2.33. The van der Waals surface area contributed by atoms with E-state index in [2.05, 4.69) is 0 Å². The van der Waals surface area contributed by atoms with Crippen molar-refractivity contribution in [3.8, 4) is 0 Å². The van der Waals surface area contributed by atoms with Gasteiger partial charge in [0.05, 0.1) is 32.5 Å². The van der Waals surface area contributed by atoms with Gasteiger partial charge < -0.3 is 29.8 Å². The molecule has 1 heterocycles. The maximum atomic E-state index is 9.83. The van der Waals surface area contributed by atoms with E-state index in [1.54, 1.807) is 7.11 Å². The average Bonchev–Trinajstić information content (AvgIpc) is 2.44. The number of nitrogens with two attached hydrogens (primary N) is 1. The molecule has 0 aromatic carbocycles. The van der Waals surface area contributed by atoms with Gasteiger partial charge in [0.2, 0.25) is 0 Å². The number of methoxy groups -OCH3 is 1. The van der Waals surface area contributed by atoms with Gasteiger partial charge in [-0.25, -0.2) is 0 Å². The van der Waals surface area contributed by atoms with Crippen LogP contribution in [0.5, 0.6) is 0 Å². The van der Waals surface area contributed by atoms with Crippen molar-refractivity contribution < 1.29 is 24.1 Å². The van der Waals surface area contributed by atoms with Crippen LogP contribution in [0.1, 0.15) is 19.8 Å². The van der Waals surface area contributed by atoms with Crippen molar-refractivity contribution in [3.05, 3.63) is 0 Å². The Hall–Kier alpha value is -0.240. The van der Waals surface area contributed by atoms with Crippen LogP contribution in [0.4, 0.5) is 0 Å². The predicted octanol–water partition coefficient (Wildman–Crippen LogP) is -0.0767. The maximum absolute atomic E-state index is 9.83. The fourth-order valence-electron chi connectivity index (χ4n) is 2.04. The molecule has 114 valence electrons. The van der Waals surface area contributed by atoms with E-state index in [0.29, 0.717) is 19.8 Å². The van der Waals surface area contributed by atoms with Crippen LogP contribution in [0.25, 0.3) is 0 Å². The smallest absolute Gasteiger partial charge is 0.104 e. The van der Waals surface area contributed by atoms with E-state index in [4.69, 9.17) is 24.7 Å². The third-order valence-electron chi connectivity index (χ3n) is 3.21. The summed E-state index contributed by atoms with van der Waals surface area (Å²) in [6, 6.07) is 0. The van der Waals surface area contributed by atoms with Crippen LogP contribution < -0.4 is 5.73 Å². The van der Waals surface area contributed by atoms with Crippen LogP contribution in [-0.2, 0) is 18.9 Å². The quantitative estimate of drug-likeness (QED) is 0.613. The largest absolute Gasteiger partial charge is 0.388 e. The van der Waals surface area contributed by atoms with Gasteiger partial charge in [0.1, 0.15) is 11.7 Å². The molecule has 0 saturated carbocycles. The lowest BCUT2D eigenvalue weighted by Crippen LogP contribution is -2.49. The van der Waals surface area contributed by atoms with E-state index in [0.717, 1.165) is 19.4 Å². The Kier molecular flexibility index (Phi) is 7.82. The lowest BCUT2D eigenvalue weighted by molar-refractivity contribution is -0.149. The third-order valence-corrected chi connectivity index (χ3v) is 3.21. The molecule has 3 unspecified atom stereocenters. The third kappa shape index (κ3) is 6.16. The Bertz CT molecular complexity index is 233. The van der Waals surface area contributed by atoms with Crippen LogP contribution in [0.15, 0.2) is 0 Å². The first kappa shape index (κ1) is 16.8. The molecule has 0 aromatic heterocycles. The molecule has 1 aliphatic heterocycles. The second kappa shape index (κ2) is 8.84. The van der Waals surface area contributed by atoms with Crippen LogP contribution in [0.2, 0.25) is 0 Å². The zero-order chi connectivity index (χ0) is 14.1. The normalized spacial score (nSPS) is 27.2. The Morgan fingerprint density at radius 1 is 1.37 bits per heavy atom. The zero-order valence-corrected chi connectivity index (χ0v) is 12.0. The number of hydrogen-bond donors (Lipinski definition) is 2. The van der Waals surface area contributed by atoms with Gasteiger partial charge in [0.15, 0.2) is 0 Å². The summed E-state index contributed by atoms with van der Waals surface area (Å²) < 4.78 is 21.6. The minimum atomic E-state index is -0.662. The van der Waals surface area contributed by atoms with Crippen LogP contribution in [-0.4, -0.2) is 69.6 Å². The molecule has 1 rings (SSSR count). The molecular formula is C13H27NO5. The van der Waals surface area contributed by atoms with E-state index < -0.39 is 11.7 Å². The minimum absolute atomic E-state index is 0.0406. The highest BCUT2D eigenvalue weighted by Crippen LogP contribution is 2.22. The molecule has 19 heavy (non-hydrogen) atoms. The summed E-state index contributed by atoms with van der Waals surface area (Å²) in [4.78, 5) is 0. The molecule has 0 radical (unpaired) electrons. The van der Waals surface area contributed by atoms with Gasteiger partial charge in [-0.1, -0.05) is 0 Å². The first-order valence-electron chi connectivity index (χ1n) is 6.82. The summed E-state index contributed by atoms with van der Waals surface area (Å²) in [5, 5.41) is 9.83. The van der Waals surface area contributed by atoms with E-state index in [9.17, 15) is 5.11 Å². The van der Waals surface area contributed by atoms with Gasteiger partial charge in [-0.3, -0.25) is 0 Å². The highest BCUT2D eigenvalue weighted by atomic mass is 16.6. The Morgan fingerprint density at radius 2 is 2.16 bits per heavy atom. The van der Waals surface area contributed by atoms with Gasteiger partial charge in [-0.2, -0.15) is 0 Å². The lowest BCUT2D eigenvalue weighted by Gasteiger charge is -2.36.